The molecule has 3 rings (SSSR count). The highest BCUT2D eigenvalue weighted by Crippen LogP contribution is 2.49. The molecule has 42 heavy (non-hydrogen) atoms. The van der Waals surface area contributed by atoms with Gasteiger partial charge in [-0.05, 0) is 59.7 Å². The second kappa shape index (κ2) is 17.2. The Hall–Kier alpha value is -0.590. The van der Waals surface area contributed by atoms with Crippen LogP contribution in [0.15, 0.2) is 12.7 Å². The SMILES string of the molecule is C=CC(=O)NC1CC(NC2NCC(Cl)C(NC3CCCCC3P(C)(C)=O)N2)C(OC)CC1OC(COCC)CN(C)C. The Kier molecular flexibility index (Phi) is 14.7. The van der Waals surface area contributed by atoms with Crippen LogP contribution in [-0.4, -0.2) is 132 Å². The summed E-state index contributed by atoms with van der Waals surface area (Å²) in [4.78, 5) is 14.5. The molecular weight excluding hydrogens is 579 g/mol. The summed E-state index contributed by atoms with van der Waals surface area (Å²) in [6.07, 6.45) is 5.83. The fourth-order valence-electron chi connectivity index (χ4n) is 6.60. The summed E-state index contributed by atoms with van der Waals surface area (Å²) in [5, 5.41) is 17.4. The molecule has 0 aromatic carbocycles. The molecule has 10 atom stereocenters. The number of halogens is 1. The van der Waals surface area contributed by atoms with Crippen LogP contribution in [0.3, 0.4) is 0 Å². The number of rotatable bonds is 15. The number of carbonyl (C=O) groups is 1. The van der Waals surface area contributed by atoms with Crippen LogP contribution in [0.5, 0.6) is 0 Å². The lowest BCUT2D eigenvalue weighted by Gasteiger charge is -2.46. The Balaban J connectivity index is 1.69. The summed E-state index contributed by atoms with van der Waals surface area (Å²) < 4.78 is 31.3. The number of methoxy groups -OCH3 is 1. The number of hydrogen-bond acceptors (Lipinski definition) is 10. The zero-order chi connectivity index (χ0) is 30.9. The van der Waals surface area contributed by atoms with E-state index in [4.69, 9.17) is 25.8 Å². The average Bonchev–Trinajstić information content (AvgIpc) is 2.94. The summed E-state index contributed by atoms with van der Waals surface area (Å²) in [5.74, 6) is -0.230. The molecule has 244 valence electrons. The van der Waals surface area contributed by atoms with Crippen molar-refractivity contribution in [3.8, 4) is 0 Å². The van der Waals surface area contributed by atoms with Crippen molar-refractivity contribution in [2.75, 3.05) is 60.8 Å². The first-order valence-electron chi connectivity index (χ1n) is 15.5. The number of nitrogens with zero attached hydrogens (tertiary/aromatic N) is 1. The molecule has 10 unspecified atom stereocenters. The molecule has 0 bridgehead atoms. The highest BCUT2D eigenvalue weighted by Gasteiger charge is 2.42. The van der Waals surface area contributed by atoms with Crippen LogP contribution in [0.1, 0.15) is 45.4 Å². The molecule has 3 aliphatic rings. The van der Waals surface area contributed by atoms with Crippen molar-refractivity contribution in [3.05, 3.63) is 12.7 Å². The minimum Gasteiger partial charge on any atom is -0.380 e. The number of alkyl halides is 1. The van der Waals surface area contributed by atoms with Gasteiger partial charge in [0.25, 0.3) is 0 Å². The van der Waals surface area contributed by atoms with Gasteiger partial charge in [-0.3, -0.25) is 26.1 Å². The minimum atomic E-state index is -2.24. The molecule has 1 heterocycles. The lowest BCUT2D eigenvalue weighted by Crippen LogP contribution is -2.72. The molecule has 3 fully saturated rings. The lowest BCUT2D eigenvalue weighted by molar-refractivity contribution is -0.128. The topological polar surface area (TPSA) is 125 Å². The van der Waals surface area contributed by atoms with Crippen molar-refractivity contribution >= 4 is 24.7 Å². The Morgan fingerprint density at radius 3 is 2.52 bits per heavy atom. The van der Waals surface area contributed by atoms with E-state index in [1.54, 1.807) is 7.11 Å². The van der Waals surface area contributed by atoms with Gasteiger partial charge in [-0.1, -0.05) is 19.4 Å². The number of amides is 1. The van der Waals surface area contributed by atoms with Gasteiger partial charge in [0.2, 0.25) is 5.91 Å². The molecule has 2 aliphatic carbocycles. The molecule has 11 nitrogen and oxygen atoms in total. The standard InChI is InChI=1S/C29H56ClN6O5P/c1-8-27(37)32-23-14-22(24(39-5)15-25(23)41-19(17-36(3)4)18-40-9-2)34-29-31-16-20(30)28(35-29)33-21-12-10-11-13-26(21)42(6,7)38/h8,19-26,28-29,31,33-35H,1,9-18H2,2-7H3,(H,32,37). The summed E-state index contributed by atoms with van der Waals surface area (Å²) in [6.45, 7) is 11.8. The monoisotopic (exact) mass is 634 g/mol. The van der Waals surface area contributed by atoms with E-state index in [1.807, 2.05) is 34.3 Å². The number of hydrogen-bond donors (Lipinski definition) is 5. The molecule has 0 radical (unpaired) electrons. The first-order chi connectivity index (χ1) is 19.9. The van der Waals surface area contributed by atoms with Gasteiger partial charge in [-0.2, -0.15) is 0 Å². The number of ether oxygens (including phenoxy) is 3. The van der Waals surface area contributed by atoms with Gasteiger partial charge in [0, 0.05) is 51.0 Å². The Bertz CT molecular complexity index is 897. The molecule has 1 saturated heterocycles. The van der Waals surface area contributed by atoms with Crippen LogP contribution in [-0.2, 0) is 23.6 Å². The number of likely N-dealkylation sites (N-methyl/N-ethyl adjacent to an activating group) is 1. The van der Waals surface area contributed by atoms with Crippen molar-refractivity contribution < 1.29 is 23.6 Å². The van der Waals surface area contributed by atoms with Gasteiger partial charge in [-0.25, -0.2) is 0 Å². The first-order valence-corrected chi connectivity index (χ1v) is 18.6. The molecule has 0 aromatic rings. The average molecular weight is 635 g/mol. The third-order valence-electron chi connectivity index (χ3n) is 8.66. The maximum atomic E-state index is 13.0. The van der Waals surface area contributed by atoms with Gasteiger partial charge in [0.15, 0.2) is 0 Å². The van der Waals surface area contributed by atoms with E-state index in [1.165, 1.54) is 6.08 Å². The smallest absolute Gasteiger partial charge is 0.243 e. The predicted molar refractivity (Wildman–Crippen MR) is 170 cm³/mol. The zero-order valence-corrected chi connectivity index (χ0v) is 28.1. The van der Waals surface area contributed by atoms with Crippen molar-refractivity contribution in [1.82, 2.24) is 31.5 Å². The van der Waals surface area contributed by atoms with Gasteiger partial charge in [0.05, 0.1) is 49.6 Å². The first kappa shape index (κ1) is 35.9. The van der Waals surface area contributed by atoms with E-state index >= 15 is 0 Å². The quantitative estimate of drug-likeness (QED) is 0.103. The van der Waals surface area contributed by atoms with Crippen LogP contribution in [0.2, 0.25) is 0 Å². The van der Waals surface area contributed by atoms with Gasteiger partial charge < -0.3 is 29.0 Å². The molecule has 5 N–H and O–H groups in total. The molecule has 0 spiro atoms. The highest BCUT2D eigenvalue weighted by molar-refractivity contribution is 7.63. The van der Waals surface area contributed by atoms with Crippen molar-refractivity contribution in [1.29, 1.82) is 0 Å². The lowest BCUT2D eigenvalue weighted by atomic mass is 9.85. The largest absolute Gasteiger partial charge is 0.380 e. The van der Waals surface area contributed by atoms with E-state index < -0.39 is 7.14 Å². The predicted octanol–water partition coefficient (Wildman–Crippen LogP) is 1.71. The van der Waals surface area contributed by atoms with E-state index in [0.29, 0.717) is 39.1 Å². The van der Waals surface area contributed by atoms with Crippen molar-refractivity contribution in [2.45, 2.75) is 105 Å². The molecular formula is C29H56ClN6O5P. The van der Waals surface area contributed by atoms with Crippen LogP contribution >= 0.6 is 18.7 Å². The van der Waals surface area contributed by atoms with E-state index in [0.717, 1.165) is 25.7 Å². The Morgan fingerprint density at radius 1 is 1.14 bits per heavy atom. The summed E-state index contributed by atoms with van der Waals surface area (Å²) in [7, 11) is 3.49. The van der Waals surface area contributed by atoms with Gasteiger partial charge in [-0.15, -0.1) is 11.6 Å². The normalized spacial score (nSPS) is 35.1. The molecule has 2 saturated carbocycles. The van der Waals surface area contributed by atoms with E-state index in [-0.39, 0.29) is 65.8 Å². The summed E-state index contributed by atoms with van der Waals surface area (Å²) in [5.41, 5.74) is 0.166. The van der Waals surface area contributed by atoms with E-state index in [2.05, 4.69) is 38.1 Å². The Morgan fingerprint density at radius 2 is 1.88 bits per heavy atom. The van der Waals surface area contributed by atoms with Crippen LogP contribution in [0.4, 0.5) is 0 Å². The fraction of sp³-hybridized carbons (Fsp3) is 0.897. The Labute approximate surface area is 258 Å². The maximum absolute atomic E-state index is 13.0. The third-order valence-corrected chi connectivity index (χ3v) is 11.3. The fourth-order valence-corrected chi connectivity index (χ4v) is 8.74. The molecule has 13 heteroatoms. The molecule has 0 aromatic heterocycles. The van der Waals surface area contributed by atoms with Crippen LogP contribution < -0.4 is 26.6 Å². The van der Waals surface area contributed by atoms with Crippen LogP contribution in [0.25, 0.3) is 0 Å². The third kappa shape index (κ3) is 10.8. The summed E-state index contributed by atoms with van der Waals surface area (Å²) in [6, 6.07) is -0.146. The minimum absolute atomic E-state index is 0.0735. The zero-order valence-electron chi connectivity index (χ0n) is 26.4. The second-order valence-corrected chi connectivity index (χ2v) is 16.7. The summed E-state index contributed by atoms with van der Waals surface area (Å²) >= 11 is 6.77. The number of carbonyl (C=O) groups excluding carboxylic acids is 1. The van der Waals surface area contributed by atoms with Crippen molar-refractivity contribution in [3.63, 3.8) is 0 Å². The molecule has 1 amide bonds. The van der Waals surface area contributed by atoms with E-state index in [9.17, 15) is 9.36 Å². The maximum Gasteiger partial charge on any atom is 0.243 e. The van der Waals surface area contributed by atoms with Crippen LogP contribution in [0, 0.1) is 0 Å². The molecule has 1 aliphatic heterocycles. The van der Waals surface area contributed by atoms with Gasteiger partial charge >= 0.3 is 0 Å². The van der Waals surface area contributed by atoms with Crippen molar-refractivity contribution in [2.24, 2.45) is 0 Å². The number of nitrogens with one attached hydrogen (secondary N) is 5. The second-order valence-electron chi connectivity index (χ2n) is 12.6. The highest BCUT2D eigenvalue weighted by atomic mass is 35.5. The van der Waals surface area contributed by atoms with Gasteiger partial charge in [0.1, 0.15) is 6.29 Å².